The summed E-state index contributed by atoms with van der Waals surface area (Å²) in [5.74, 6) is -0.404. The number of hydrogen-bond donors (Lipinski definition) is 0. The van der Waals surface area contributed by atoms with Crippen LogP contribution in [0.2, 0.25) is 0 Å². The first-order valence-corrected chi connectivity index (χ1v) is 9.68. The maximum absolute atomic E-state index is 11.4. The lowest BCUT2D eigenvalue weighted by atomic mass is 9.72. The van der Waals surface area contributed by atoms with Crippen molar-refractivity contribution in [2.75, 3.05) is 0 Å². The van der Waals surface area contributed by atoms with E-state index in [-0.39, 0.29) is 22.6 Å². The normalized spacial score (nSPS) is 18.3. The van der Waals surface area contributed by atoms with Gasteiger partial charge in [0.25, 0.3) is 0 Å². The van der Waals surface area contributed by atoms with Crippen molar-refractivity contribution < 1.29 is 9.59 Å². The first-order chi connectivity index (χ1) is 12.5. The van der Waals surface area contributed by atoms with Crippen LogP contribution >= 0.6 is 0 Å². The Morgan fingerprint density at radius 3 is 2.04 bits per heavy atom. The van der Waals surface area contributed by atoms with Gasteiger partial charge in [0.2, 0.25) is 0 Å². The average molecular weight is 367 g/mol. The predicted molar refractivity (Wildman–Crippen MR) is 116 cm³/mol. The summed E-state index contributed by atoms with van der Waals surface area (Å²) in [6.07, 6.45) is 17.6. The fourth-order valence-corrected chi connectivity index (χ4v) is 3.39. The summed E-state index contributed by atoms with van der Waals surface area (Å²) >= 11 is 0. The molecule has 1 aliphatic carbocycles. The van der Waals surface area contributed by atoms with Gasteiger partial charge in [0, 0.05) is 0 Å². The zero-order valence-corrected chi connectivity index (χ0v) is 18.0. The molecule has 0 atom stereocenters. The third-order valence-electron chi connectivity index (χ3n) is 5.05. The number of carbonyl (C=O) groups is 2. The highest BCUT2D eigenvalue weighted by atomic mass is 16.1. The van der Waals surface area contributed by atoms with E-state index in [2.05, 4.69) is 45.9 Å². The molecular weight excluding hydrogens is 332 g/mol. The van der Waals surface area contributed by atoms with Gasteiger partial charge in [0.05, 0.1) is 5.57 Å². The van der Waals surface area contributed by atoms with E-state index in [1.54, 1.807) is 12.2 Å². The summed E-state index contributed by atoms with van der Waals surface area (Å²) in [7, 11) is 0. The maximum atomic E-state index is 11.4. The SMILES string of the molecule is CC(=O)C(=C\C=C(C)/C=C\C=C(C)/C=C\C1=C(C)CCCC1(C)C)C(C)=O. The zero-order chi connectivity index (χ0) is 20.6. The minimum atomic E-state index is -0.202. The molecule has 2 heteroatoms. The van der Waals surface area contributed by atoms with Crippen molar-refractivity contribution in [3.8, 4) is 0 Å². The number of rotatable bonds is 7. The van der Waals surface area contributed by atoms with Gasteiger partial charge in [-0.2, -0.15) is 0 Å². The Labute approximate surface area is 165 Å². The van der Waals surface area contributed by atoms with Crippen molar-refractivity contribution in [2.45, 2.75) is 67.7 Å². The highest BCUT2D eigenvalue weighted by Crippen LogP contribution is 2.40. The summed E-state index contributed by atoms with van der Waals surface area (Å²) < 4.78 is 0. The first kappa shape index (κ1) is 22.8. The Balaban J connectivity index is 2.84. The summed E-state index contributed by atoms with van der Waals surface area (Å²) in [5.41, 5.74) is 5.62. The molecule has 0 aromatic rings. The number of carbonyl (C=O) groups excluding carboxylic acids is 2. The van der Waals surface area contributed by atoms with E-state index in [4.69, 9.17) is 0 Å². The van der Waals surface area contributed by atoms with E-state index in [1.807, 2.05) is 19.1 Å². The monoisotopic (exact) mass is 366 g/mol. The average Bonchev–Trinajstić information content (AvgIpc) is 2.53. The minimum absolute atomic E-state index is 0.202. The van der Waals surface area contributed by atoms with Crippen LogP contribution in [0.15, 0.2) is 70.4 Å². The van der Waals surface area contributed by atoms with Gasteiger partial charge in [0.15, 0.2) is 11.6 Å². The lowest BCUT2D eigenvalue weighted by molar-refractivity contribution is -0.119. The third kappa shape index (κ3) is 7.50. The van der Waals surface area contributed by atoms with E-state index in [1.165, 1.54) is 49.8 Å². The van der Waals surface area contributed by atoms with Gasteiger partial charge < -0.3 is 0 Å². The molecule has 0 unspecified atom stereocenters. The minimum Gasteiger partial charge on any atom is -0.294 e. The number of Topliss-reactive ketones (excluding diaryl/α,β-unsaturated/α-hetero) is 2. The Morgan fingerprint density at radius 2 is 1.48 bits per heavy atom. The van der Waals surface area contributed by atoms with Crippen LogP contribution in [0.1, 0.15) is 67.7 Å². The van der Waals surface area contributed by atoms with Gasteiger partial charge in [-0.25, -0.2) is 0 Å². The van der Waals surface area contributed by atoms with Crippen molar-refractivity contribution in [3.05, 3.63) is 70.4 Å². The number of ketones is 2. The van der Waals surface area contributed by atoms with Crippen molar-refractivity contribution in [2.24, 2.45) is 5.41 Å². The maximum Gasteiger partial charge on any atom is 0.163 e. The molecule has 1 rings (SSSR count). The van der Waals surface area contributed by atoms with Crippen LogP contribution in [0.5, 0.6) is 0 Å². The molecule has 0 spiro atoms. The molecule has 0 aromatic heterocycles. The van der Waals surface area contributed by atoms with Crippen LogP contribution in [0.25, 0.3) is 0 Å². The van der Waals surface area contributed by atoms with E-state index < -0.39 is 0 Å². The summed E-state index contributed by atoms with van der Waals surface area (Å²) in [6, 6.07) is 0. The molecule has 1 aliphatic rings. The molecular formula is C25H34O2. The quantitative estimate of drug-likeness (QED) is 0.219. The smallest absolute Gasteiger partial charge is 0.163 e. The predicted octanol–water partition coefficient (Wildman–Crippen LogP) is 6.62. The second-order valence-corrected chi connectivity index (χ2v) is 8.14. The van der Waals surface area contributed by atoms with Gasteiger partial charge in [-0.05, 0) is 70.9 Å². The van der Waals surface area contributed by atoms with Gasteiger partial charge in [-0.15, -0.1) is 0 Å². The van der Waals surface area contributed by atoms with Gasteiger partial charge >= 0.3 is 0 Å². The molecule has 27 heavy (non-hydrogen) atoms. The highest BCUT2D eigenvalue weighted by molar-refractivity contribution is 6.18. The molecule has 0 fully saturated rings. The number of allylic oxidation sites excluding steroid dienone is 12. The lowest BCUT2D eigenvalue weighted by Gasteiger charge is -2.32. The Kier molecular flexibility index (Phi) is 8.62. The fraction of sp³-hybridized carbons (Fsp3) is 0.440. The second-order valence-electron chi connectivity index (χ2n) is 8.14. The number of hydrogen-bond acceptors (Lipinski definition) is 2. The van der Waals surface area contributed by atoms with E-state index >= 15 is 0 Å². The summed E-state index contributed by atoms with van der Waals surface area (Å²) in [5, 5.41) is 0. The van der Waals surface area contributed by atoms with Gasteiger partial charge in [-0.1, -0.05) is 67.0 Å². The largest absolute Gasteiger partial charge is 0.294 e. The van der Waals surface area contributed by atoms with Crippen LogP contribution in [-0.2, 0) is 9.59 Å². The molecule has 0 saturated carbocycles. The van der Waals surface area contributed by atoms with Crippen LogP contribution in [-0.4, -0.2) is 11.6 Å². The standard InChI is InChI=1S/C25H34O2/c1-18(13-15-23(21(4)26)22(5)27)10-8-11-19(2)14-16-24-20(3)12-9-17-25(24,6)7/h8,10-11,13-16H,9,12,17H2,1-7H3/b10-8-,16-14-,18-13-,19-11-. The third-order valence-corrected chi connectivity index (χ3v) is 5.05. The Hall–Kier alpha value is -2.22. The molecule has 0 N–H and O–H groups in total. The van der Waals surface area contributed by atoms with Crippen molar-refractivity contribution >= 4 is 11.6 Å². The fourth-order valence-electron chi connectivity index (χ4n) is 3.39. The first-order valence-electron chi connectivity index (χ1n) is 9.68. The lowest BCUT2D eigenvalue weighted by Crippen LogP contribution is -2.19. The second kappa shape index (κ2) is 10.2. The molecule has 0 aliphatic heterocycles. The van der Waals surface area contributed by atoms with Gasteiger partial charge in [0.1, 0.15) is 0 Å². The molecule has 0 radical (unpaired) electrons. The van der Waals surface area contributed by atoms with E-state index in [0.29, 0.717) is 0 Å². The van der Waals surface area contributed by atoms with Crippen molar-refractivity contribution in [1.29, 1.82) is 0 Å². The van der Waals surface area contributed by atoms with E-state index in [9.17, 15) is 9.59 Å². The topological polar surface area (TPSA) is 34.1 Å². The van der Waals surface area contributed by atoms with Crippen molar-refractivity contribution in [1.82, 2.24) is 0 Å². The van der Waals surface area contributed by atoms with Crippen LogP contribution in [0, 0.1) is 5.41 Å². The zero-order valence-electron chi connectivity index (χ0n) is 18.0. The van der Waals surface area contributed by atoms with Crippen LogP contribution in [0.4, 0.5) is 0 Å². The Bertz CT molecular complexity index is 746. The molecule has 146 valence electrons. The molecule has 0 aromatic carbocycles. The van der Waals surface area contributed by atoms with E-state index in [0.717, 1.165) is 5.57 Å². The highest BCUT2D eigenvalue weighted by Gasteiger charge is 2.26. The van der Waals surface area contributed by atoms with Crippen molar-refractivity contribution in [3.63, 3.8) is 0 Å². The molecule has 0 heterocycles. The molecule has 2 nitrogen and oxygen atoms in total. The van der Waals surface area contributed by atoms with Gasteiger partial charge in [-0.3, -0.25) is 9.59 Å². The Morgan fingerprint density at radius 1 is 0.889 bits per heavy atom. The summed E-state index contributed by atoms with van der Waals surface area (Å²) in [4.78, 5) is 22.8. The molecule has 0 saturated heterocycles. The van der Waals surface area contributed by atoms with Crippen LogP contribution < -0.4 is 0 Å². The summed E-state index contributed by atoms with van der Waals surface area (Å²) in [6.45, 7) is 13.8. The molecule has 0 amide bonds. The van der Waals surface area contributed by atoms with Crippen LogP contribution in [0.3, 0.4) is 0 Å². The molecule has 0 bridgehead atoms.